The van der Waals surface area contributed by atoms with Gasteiger partial charge in [-0.3, -0.25) is 0 Å². The Labute approximate surface area is 108 Å². The average Bonchev–Trinajstić information content (AvgIpc) is 2.82. The van der Waals surface area contributed by atoms with E-state index < -0.39 is 0 Å². The zero-order valence-electron chi connectivity index (χ0n) is 10.8. The molecule has 1 saturated heterocycles. The summed E-state index contributed by atoms with van der Waals surface area (Å²) >= 11 is 0. The molecule has 2 heteroatoms. The highest BCUT2D eigenvalue weighted by Crippen LogP contribution is 2.35. The van der Waals surface area contributed by atoms with E-state index >= 15 is 0 Å². The highest BCUT2D eigenvalue weighted by Gasteiger charge is 2.22. The number of benzene rings is 1. The fraction of sp³-hybridized carbons (Fsp3) is 0.500. The summed E-state index contributed by atoms with van der Waals surface area (Å²) in [7, 11) is 0. The minimum atomic E-state index is 0.718. The summed E-state index contributed by atoms with van der Waals surface area (Å²) in [5.41, 5.74) is 4.65. The van der Waals surface area contributed by atoms with Crippen LogP contribution in [0.4, 0.5) is 0 Å². The third-order valence-electron chi connectivity index (χ3n) is 4.59. The molecule has 0 radical (unpaired) electrons. The summed E-state index contributed by atoms with van der Waals surface area (Å²) in [6.45, 7) is 3.55. The lowest BCUT2D eigenvalue weighted by Gasteiger charge is -2.22. The smallest absolute Gasteiger partial charge is 0.0515 e. The minimum absolute atomic E-state index is 0.718. The Kier molecular flexibility index (Phi) is 2.44. The number of hydrogen-bond donors (Lipinski definition) is 1. The fourth-order valence-corrected chi connectivity index (χ4v) is 3.73. The third kappa shape index (κ3) is 1.52. The first-order valence-corrected chi connectivity index (χ1v) is 7.25. The van der Waals surface area contributed by atoms with Gasteiger partial charge in [0.2, 0.25) is 0 Å². The van der Waals surface area contributed by atoms with Gasteiger partial charge in [0.1, 0.15) is 0 Å². The Morgan fingerprint density at radius 1 is 1.22 bits per heavy atom. The number of aryl methyl sites for hydroxylation is 2. The van der Waals surface area contributed by atoms with Crippen LogP contribution in [0.15, 0.2) is 24.4 Å². The van der Waals surface area contributed by atoms with Crippen LogP contribution in [-0.2, 0) is 13.0 Å². The van der Waals surface area contributed by atoms with Gasteiger partial charge in [-0.1, -0.05) is 18.2 Å². The SMILES string of the molecule is c1cc2c3c(c1)c(C1CCCNC1)cn3CCC2. The molecule has 2 aliphatic rings. The molecule has 2 aromatic rings. The van der Waals surface area contributed by atoms with Gasteiger partial charge in [0.15, 0.2) is 0 Å². The van der Waals surface area contributed by atoms with Crippen molar-refractivity contribution < 1.29 is 0 Å². The second kappa shape index (κ2) is 4.13. The van der Waals surface area contributed by atoms with Gasteiger partial charge in [-0.15, -0.1) is 0 Å². The maximum absolute atomic E-state index is 3.55. The van der Waals surface area contributed by atoms with E-state index in [0.29, 0.717) is 0 Å². The van der Waals surface area contributed by atoms with Crippen molar-refractivity contribution in [3.63, 3.8) is 0 Å². The summed E-state index contributed by atoms with van der Waals surface area (Å²) in [4.78, 5) is 0. The molecule has 1 aromatic heterocycles. The standard InChI is InChI=1S/C16H20N2/c1-4-12-6-3-9-18-11-15(14(7-1)16(12)18)13-5-2-8-17-10-13/h1,4,7,11,13,17H,2-3,5-6,8-10H2. The molecule has 18 heavy (non-hydrogen) atoms. The van der Waals surface area contributed by atoms with Gasteiger partial charge in [0.05, 0.1) is 5.52 Å². The van der Waals surface area contributed by atoms with E-state index in [4.69, 9.17) is 0 Å². The molecule has 1 unspecified atom stereocenters. The van der Waals surface area contributed by atoms with Crippen LogP contribution in [0, 0.1) is 0 Å². The normalized spacial score (nSPS) is 23.4. The van der Waals surface area contributed by atoms with Gasteiger partial charge < -0.3 is 9.88 Å². The van der Waals surface area contributed by atoms with Crippen molar-refractivity contribution in [3.8, 4) is 0 Å². The van der Waals surface area contributed by atoms with E-state index in [1.165, 1.54) is 49.7 Å². The second-order valence-corrected chi connectivity index (χ2v) is 5.74. The molecule has 0 spiro atoms. The van der Waals surface area contributed by atoms with Crippen molar-refractivity contribution in [2.24, 2.45) is 0 Å². The molecule has 1 atom stereocenters. The lowest BCUT2D eigenvalue weighted by molar-refractivity contribution is 0.462. The Morgan fingerprint density at radius 2 is 2.22 bits per heavy atom. The molecular formula is C16H20N2. The largest absolute Gasteiger partial charge is 0.347 e. The lowest BCUT2D eigenvalue weighted by atomic mass is 9.91. The number of aromatic nitrogens is 1. The Bertz CT molecular complexity index is 576. The molecule has 1 fully saturated rings. The average molecular weight is 240 g/mol. The van der Waals surface area contributed by atoms with Crippen LogP contribution in [0.5, 0.6) is 0 Å². The Hall–Kier alpha value is -1.28. The van der Waals surface area contributed by atoms with E-state index in [2.05, 4.69) is 34.3 Å². The Morgan fingerprint density at radius 3 is 3.11 bits per heavy atom. The predicted molar refractivity (Wildman–Crippen MR) is 75.1 cm³/mol. The van der Waals surface area contributed by atoms with Crippen LogP contribution in [0.25, 0.3) is 10.9 Å². The quantitative estimate of drug-likeness (QED) is 0.810. The summed E-state index contributed by atoms with van der Waals surface area (Å²) in [6, 6.07) is 6.87. The molecule has 2 aliphatic heterocycles. The molecule has 0 aliphatic carbocycles. The predicted octanol–water partition coefficient (Wildman–Crippen LogP) is 3.05. The molecule has 0 amide bonds. The molecule has 3 heterocycles. The second-order valence-electron chi connectivity index (χ2n) is 5.74. The number of rotatable bonds is 1. The van der Waals surface area contributed by atoms with E-state index in [1.807, 2.05) is 0 Å². The summed E-state index contributed by atoms with van der Waals surface area (Å²) in [5, 5.41) is 5.06. The lowest BCUT2D eigenvalue weighted by Crippen LogP contribution is -2.28. The first kappa shape index (κ1) is 10.6. The number of nitrogens with one attached hydrogen (secondary N) is 1. The topological polar surface area (TPSA) is 17.0 Å². The van der Waals surface area contributed by atoms with E-state index in [0.717, 1.165) is 12.5 Å². The van der Waals surface area contributed by atoms with Gasteiger partial charge in [-0.05, 0) is 49.3 Å². The molecule has 0 saturated carbocycles. The van der Waals surface area contributed by atoms with Crippen molar-refractivity contribution in [3.05, 3.63) is 35.5 Å². The van der Waals surface area contributed by atoms with Crippen molar-refractivity contribution in [1.82, 2.24) is 9.88 Å². The summed E-state index contributed by atoms with van der Waals surface area (Å²) in [5.74, 6) is 0.718. The van der Waals surface area contributed by atoms with Crippen LogP contribution >= 0.6 is 0 Å². The van der Waals surface area contributed by atoms with Gasteiger partial charge >= 0.3 is 0 Å². The van der Waals surface area contributed by atoms with E-state index in [1.54, 1.807) is 11.1 Å². The molecule has 4 rings (SSSR count). The van der Waals surface area contributed by atoms with Crippen LogP contribution in [-0.4, -0.2) is 17.7 Å². The zero-order valence-corrected chi connectivity index (χ0v) is 10.8. The molecule has 0 bridgehead atoms. The number of nitrogens with zero attached hydrogens (tertiary/aromatic N) is 1. The molecular weight excluding hydrogens is 220 g/mol. The first-order chi connectivity index (χ1) is 8.93. The van der Waals surface area contributed by atoms with E-state index in [-0.39, 0.29) is 0 Å². The zero-order chi connectivity index (χ0) is 11.9. The van der Waals surface area contributed by atoms with Gasteiger partial charge in [-0.25, -0.2) is 0 Å². The van der Waals surface area contributed by atoms with Gasteiger partial charge in [-0.2, -0.15) is 0 Å². The maximum atomic E-state index is 3.55. The fourth-order valence-electron chi connectivity index (χ4n) is 3.73. The van der Waals surface area contributed by atoms with Gasteiger partial charge in [0.25, 0.3) is 0 Å². The Balaban J connectivity index is 1.89. The summed E-state index contributed by atoms with van der Waals surface area (Å²) in [6.07, 6.45) is 7.64. The highest BCUT2D eigenvalue weighted by atomic mass is 15.0. The van der Waals surface area contributed by atoms with Crippen LogP contribution in [0.2, 0.25) is 0 Å². The van der Waals surface area contributed by atoms with Crippen LogP contribution in [0.1, 0.15) is 36.3 Å². The minimum Gasteiger partial charge on any atom is -0.347 e. The summed E-state index contributed by atoms with van der Waals surface area (Å²) < 4.78 is 2.50. The van der Waals surface area contributed by atoms with Crippen molar-refractivity contribution in [1.29, 1.82) is 0 Å². The van der Waals surface area contributed by atoms with Gasteiger partial charge in [0, 0.05) is 24.7 Å². The molecule has 1 N–H and O–H groups in total. The molecule has 2 nitrogen and oxygen atoms in total. The molecule has 94 valence electrons. The van der Waals surface area contributed by atoms with Crippen LogP contribution in [0.3, 0.4) is 0 Å². The molecule has 1 aromatic carbocycles. The van der Waals surface area contributed by atoms with Crippen molar-refractivity contribution in [2.75, 3.05) is 13.1 Å². The van der Waals surface area contributed by atoms with Crippen LogP contribution < -0.4 is 5.32 Å². The number of hydrogen-bond acceptors (Lipinski definition) is 1. The highest BCUT2D eigenvalue weighted by molar-refractivity contribution is 5.87. The first-order valence-electron chi connectivity index (χ1n) is 7.25. The third-order valence-corrected chi connectivity index (χ3v) is 4.59. The van der Waals surface area contributed by atoms with Crippen molar-refractivity contribution in [2.45, 2.75) is 38.1 Å². The maximum Gasteiger partial charge on any atom is 0.0515 e. The van der Waals surface area contributed by atoms with E-state index in [9.17, 15) is 0 Å². The number of para-hydroxylation sites is 1. The van der Waals surface area contributed by atoms with Crippen molar-refractivity contribution >= 4 is 10.9 Å². The number of piperidine rings is 1. The monoisotopic (exact) mass is 240 g/mol.